The molecule has 4 aliphatic rings. The van der Waals surface area contributed by atoms with Crippen LogP contribution in [0.25, 0.3) is 0 Å². The van der Waals surface area contributed by atoms with E-state index in [1.807, 2.05) is 0 Å². The number of fused-ring (bicyclic) bond motifs is 3. The number of Topliss-reactive ketones (excluding diaryl/α,β-unsaturated/α-hetero) is 1. The quantitative estimate of drug-likeness (QED) is 0.437. The number of benzene rings is 1. The fraction of sp³-hybridized carbons (Fsp3) is 0.524. The van der Waals surface area contributed by atoms with Crippen LogP contribution in [0.5, 0.6) is 0 Å². The molecule has 0 aromatic heterocycles. The number of amides is 2. The van der Waals surface area contributed by atoms with Crippen molar-refractivity contribution in [3.05, 3.63) is 34.6 Å². The van der Waals surface area contributed by atoms with Gasteiger partial charge >= 0.3 is 0 Å². The number of carbonyl (C=O) groups is 4. The SMILES string of the molecule is O=CC(=O)C1c2c(ccc(F)c2C2C3CNCC2C3)CN1C1CCC(=O)NC1=O. The first kappa shape index (κ1) is 18.6. The van der Waals surface area contributed by atoms with E-state index in [0.29, 0.717) is 23.0 Å². The average Bonchev–Trinajstić information content (AvgIpc) is 3.09. The van der Waals surface area contributed by atoms with E-state index in [-0.39, 0.29) is 43.3 Å². The van der Waals surface area contributed by atoms with Gasteiger partial charge in [0.25, 0.3) is 0 Å². The number of hydrogen-bond donors (Lipinski definition) is 2. The second kappa shape index (κ2) is 6.81. The van der Waals surface area contributed by atoms with Gasteiger partial charge in [-0.1, -0.05) is 6.07 Å². The Morgan fingerprint density at radius 2 is 1.93 bits per heavy atom. The molecule has 1 aromatic rings. The Kier molecular flexibility index (Phi) is 4.36. The molecule has 3 heterocycles. The van der Waals surface area contributed by atoms with Crippen molar-refractivity contribution in [1.29, 1.82) is 0 Å². The van der Waals surface area contributed by atoms with Crippen LogP contribution in [-0.4, -0.2) is 47.9 Å². The number of piperidine rings is 3. The summed E-state index contributed by atoms with van der Waals surface area (Å²) < 4.78 is 15.1. The Hall–Kier alpha value is -2.45. The first-order chi connectivity index (χ1) is 14.0. The number of halogens is 1. The largest absolute Gasteiger partial charge is 0.316 e. The monoisotopic (exact) mass is 399 g/mol. The second-order valence-corrected chi connectivity index (χ2v) is 8.54. The van der Waals surface area contributed by atoms with Crippen molar-refractivity contribution >= 4 is 23.9 Å². The Balaban J connectivity index is 1.58. The summed E-state index contributed by atoms with van der Waals surface area (Å²) >= 11 is 0. The predicted molar refractivity (Wildman–Crippen MR) is 99.1 cm³/mol. The maximum atomic E-state index is 15.1. The number of rotatable bonds is 4. The molecule has 0 spiro atoms. The van der Waals surface area contributed by atoms with Crippen molar-refractivity contribution in [2.24, 2.45) is 11.8 Å². The zero-order chi connectivity index (χ0) is 20.3. The molecule has 4 unspecified atom stereocenters. The van der Waals surface area contributed by atoms with Crippen molar-refractivity contribution in [1.82, 2.24) is 15.5 Å². The van der Waals surface area contributed by atoms with E-state index in [2.05, 4.69) is 10.6 Å². The average molecular weight is 399 g/mol. The fourth-order valence-electron chi connectivity index (χ4n) is 5.78. The summed E-state index contributed by atoms with van der Waals surface area (Å²) in [6, 6.07) is 1.41. The maximum absolute atomic E-state index is 15.1. The molecule has 2 N–H and O–H groups in total. The molecule has 1 aromatic carbocycles. The Labute approximate surface area is 167 Å². The van der Waals surface area contributed by atoms with Crippen LogP contribution in [0.3, 0.4) is 0 Å². The number of hydrogen-bond acceptors (Lipinski definition) is 6. The number of carbonyl (C=O) groups excluding carboxylic acids is 4. The van der Waals surface area contributed by atoms with Crippen LogP contribution in [0, 0.1) is 17.7 Å². The number of imide groups is 1. The molecule has 1 saturated carbocycles. The minimum atomic E-state index is -0.980. The third-order valence-corrected chi connectivity index (χ3v) is 7.05. The summed E-state index contributed by atoms with van der Waals surface area (Å²) in [5, 5.41) is 5.66. The zero-order valence-electron chi connectivity index (χ0n) is 15.8. The zero-order valence-corrected chi connectivity index (χ0v) is 15.8. The van der Waals surface area contributed by atoms with Crippen molar-refractivity contribution in [2.75, 3.05) is 13.1 Å². The summed E-state index contributed by atoms with van der Waals surface area (Å²) in [6.07, 6.45) is 1.74. The van der Waals surface area contributed by atoms with E-state index >= 15 is 4.39 Å². The van der Waals surface area contributed by atoms with Gasteiger partial charge in [0.2, 0.25) is 17.6 Å². The van der Waals surface area contributed by atoms with Gasteiger partial charge in [-0.25, -0.2) is 4.39 Å². The van der Waals surface area contributed by atoms with E-state index in [4.69, 9.17) is 0 Å². The number of ketones is 1. The van der Waals surface area contributed by atoms with Gasteiger partial charge in [-0.2, -0.15) is 0 Å². The normalized spacial score (nSPS) is 33.6. The van der Waals surface area contributed by atoms with Gasteiger partial charge in [-0.15, -0.1) is 0 Å². The molecule has 29 heavy (non-hydrogen) atoms. The van der Waals surface area contributed by atoms with Crippen LogP contribution in [0.1, 0.15) is 47.9 Å². The van der Waals surface area contributed by atoms with Crippen LogP contribution in [0.2, 0.25) is 0 Å². The maximum Gasteiger partial charge on any atom is 0.243 e. The lowest BCUT2D eigenvalue weighted by molar-refractivity contribution is -0.141. The minimum absolute atomic E-state index is 0.0230. The molecular formula is C21H22FN3O4. The van der Waals surface area contributed by atoms with Gasteiger partial charge in [0.05, 0.1) is 6.04 Å². The molecule has 2 saturated heterocycles. The third-order valence-electron chi connectivity index (χ3n) is 7.05. The van der Waals surface area contributed by atoms with Gasteiger partial charge in [0.1, 0.15) is 11.9 Å². The molecule has 0 radical (unpaired) electrons. The Morgan fingerprint density at radius 3 is 2.59 bits per heavy atom. The molecule has 2 amide bonds. The number of nitrogens with zero attached hydrogens (tertiary/aromatic N) is 1. The van der Waals surface area contributed by atoms with Crippen LogP contribution in [0.15, 0.2) is 12.1 Å². The van der Waals surface area contributed by atoms with Crippen molar-refractivity contribution < 1.29 is 23.6 Å². The molecule has 3 aliphatic heterocycles. The molecule has 3 fully saturated rings. The standard InChI is InChI=1S/C21H22FN3O4/c22-13-2-1-10-8-25(14-3-4-16(28)24-21(14)29)20(15(27)9-26)18(10)19(13)17-11-5-12(17)7-23-6-11/h1-2,9,11-12,14,17,20,23H,3-8H2,(H,24,28,29). The number of nitrogens with one attached hydrogen (secondary N) is 2. The van der Waals surface area contributed by atoms with Gasteiger partial charge in [-0.3, -0.25) is 29.4 Å². The Bertz CT molecular complexity index is 919. The first-order valence-corrected chi connectivity index (χ1v) is 10.1. The van der Waals surface area contributed by atoms with Gasteiger partial charge < -0.3 is 5.32 Å². The topological polar surface area (TPSA) is 95.6 Å². The molecule has 2 bridgehead atoms. The molecule has 5 rings (SSSR count). The third kappa shape index (κ3) is 2.77. The van der Waals surface area contributed by atoms with Crippen LogP contribution >= 0.6 is 0 Å². The number of aldehydes is 1. The van der Waals surface area contributed by atoms with Crippen LogP contribution in [0.4, 0.5) is 4.39 Å². The first-order valence-electron chi connectivity index (χ1n) is 10.1. The highest BCUT2D eigenvalue weighted by atomic mass is 19.1. The lowest BCUT2D eigenvalue weighted by Gasteiger charge is -2.51. The van der Waals surface area contributed by atoms with E-state index < -0.39 is 23.8 Å². The fourth-order valence-corrected chi connectivity index (χ4v) is 5.78. The summed E-state index contributed by atoms with van der Waals surface area (Å²) in [7, 11) is 0. The highest BCUT2D eigenvalue weighted by molar-refractivity contribution is 6.27. The van der Waals surface area contributed by atoms with E-state index in [0.717, 1.165) is 25.1 Å². The van der Waals surface area contributed by atoms with Gasteiger partial charge in [0, 0.05) is 13.0 Å². The lowest BCUT2D eigenvalue weighted by Crippen LogP contribution is -2.53. The molecule has 7 nitrogen and oxygen atoms in total. The van der Waals surface area contributed by atoms with E-state index in [1.54, 1.807) is 11.0 Å². The molecule has 4 atom stereocenters. The summed E-state index contributed by atoms with van der Waals surface area (Å²) in [5.74, 6) is -1.19. The lowest BCUT2D eigenvalue weighted by atomic mass is 9.58. The second-order valence-electron chi connectivity index (χ2n) is 8.54. The van der Waals surface area contributed by atoms with Crippen LogP contribution in [-0.2, 0) is 25.7 Å². The van der Waals surface area contributed by atoms with Crippen molar-refractivity contribution in [3.63, 3.8) is 0 Å². The van der Waals surface area contributed by atoms with E-state index in [1.165, 1.54) is 6.07 Å². The van der Waals surface area contributed by atoms with Crippen LogP contribution < -0.4 is 10.6 Å². The van der Waals surface area contributed by atoms with Crippen molar-refractivity contribution in [2.45, 2.75) is 43.8 Å². The predicted octanol–water partition coefficient (Wildman–Crippen LogP) is 0.578. The van der Waals surface area contributed by atoms with Gasteiger partial charge in [-0.05, 0) is 66.4 Å². The highest BCUT2D eigenvalue weighted by Crippen LogP contribution is 2.54. The van der Waals surface area contributed by atoms with E-state index in [9.17, 15) is 19.2 Å². The molecule has 152 valence electrons. The highest BCUT2D eigenvalue weighted by Gasteiger charge is 2.51. The Morgan fingerprint density at radius 1 is 1.17 bits per heavy atom. The van der Waals surface area contributed by atoms with Gasteiger partial charge in [0.15, 0.2) is 6.29 Å². The summed E-state index contributed by atoms with van der Waals surface area (Å²) in [4.78, 5) is 49.8. The van der Waals surface area contributed by atoms with Crippen molar-refractivity contribution in [3.8, 4) is 0 Å². The summed E-state index contributed by atoms with van der Waals surface area (Å²) in [6.45, 7) is 1.90. The molecule has 1 aliphatic carbocycles. The smallest absolute Gasteiger partial charge is 0.243 e. The molecular weight excluding hydrogens is 377 g/mol. The minimum Gasteiger partial charge on any atom is -0.316 e. The summed E-state index contributed by atoms with van der Waals surface area (Å²) in [5.41, 5.74) is 1.89. The molecule has 8 heteroatoms.